The fraction of sp³-hybridized carbons (Fsp3) is 0.381. The van der Waals surface area contributed by atoms with E-state index in [1.807, 2.05) is 32.0 Å². The van der Waals surface area contributed by atoms with Crippen LogP contribution >= 0.6 is 0 Å². The Bertz CT molecular complexity index is 1060. The summed E-state index contributed by atoms with van der Waals surface area (Å²) in [4.78, 5) is 13.0. The normalized spacial score (nSPS) is 15.2. The number of sulfonamides is 1. The van der Waals surface area contributed by atoms with Crippen LogP contribution in [0.3, 0.4) is 0 Å². The first kappa shape index (κ1) is 23.1. The number of piperazine rings is 1. The first-order chi connectivity index (χ1) is 14.6. The lowest BCUT2D eigenvalue weighted by atomic mass is 10.1. The highest BCUT2D eigenvalue weighted by molar-refractivity contribution is 7.89. The van der Waals surface area contributed by atoms with Gasteiger partial charge in [0.1, 0.15) is 10.6 Å². The predicted molar refractivity (Wildman–Crippen MR) is 108 cm³/mol. The van der Waals surface area contributed by atoms with Crippen molar-refractivity contribution in [1.29, 1.82) is 0 Å². The van der Waals surface area contributed by atoms with E-state index in [1.54, 1.807) is 0 Å². The molecule has 1 aliphatic heterocycles. The molecule has 1 amide bonds. The Morgan fingerprint density at radius 2 is 1.58 bits per heavy atom. The van der Waals surface area contributed by atoms with Crippen LogP contribution in [0.2, 0.25) is 0 Å². The lowest BCUT2D eigenvalue weighted by Gasteiger charge is -2.34. The topological polar surface area (TPSA) is 66.9 Å². The van der Waals surface area contributed by atoms with Gasteiger partial charge < -0.3 is 9.64 Å². The Balaban J connectivity index is 1.55. The fourth-order valence-corrected chi connectivity index (χ4v) is 4.93. The molecule has 1 heterocycles. The lowest BCUT2D eigenvalue weighted by molar-refractivity contribution is -0.132. The van der Waals surface area contributed by atoms with Gasteiger partial charge in [-0.1, -0.05) is 6.07 Å². The van der Waals surface area contributed by atoms with Crippen LogP contribution in [0.25, 0.3) is 0 Å². The molecular formula is C21H23F3N2O4S. The standard InChI is InChI=1S/C21H23F3N2O4S/c1-14-11-15(2)13-16(12-14)30-10-5-19(27)25-6-8-26(9-7-25)31(28,29)18-4-3-17(22)20(23)21(18)24/h3-4,11-13H,5-10H2,1-2H3. The summed E-state index contributed by atoms with van der Waals surface area (Å²) in [5, 5.41) is 0. The molecule has 2 aromatic rings. The number of ether oxygens (including phenoxy) is 1. The van der Waals surface area contributed by atoms with E-state index in [4.69, 9.17) is 4.74 Å². The van der Waals surface area contributed by atoms with Gasteiger partial charge in [0.25, 0.3) is 0 Å². The average molecular weight is 456 g/mol. The van der Waals surface area contributed by atoms with E-state index in [0.29, 0.717) is 17.9 Å². The number of aryl methyl sites for hydroxylation is 2. The molecule has 1 fully saturated rings. The molecular weight excluding hydrogens is 433 g/mol. The molecule has 6 nitrogen and oxygen atoms in total. The number of hydrogen-bond donors (Lipinski definition) is 0. The molecule has 0 saturated carbocycles. The van der Waals surface area contributed by atoms with E-state index in [2.05, 4.69) is 0 Å². The minimum absolute atomic E-state index is 0.0789. The number of carbonyl (C=O) groups excluding carboxylic acids is 1. The molecule has 0 aromatic heterocycles. The van der Waals surface area contributed by atoms with Gasteiger partial charge in [-0.05, 0) is 49.2 Å². The second-order valence-corrected chi connectivity index (χ2v) is 9.29. The number of benzene rings is 2. The van der Waals surface area contributed by atoms with Crippen LogP contribution in [0.1, 0.15) is 17.5 Å². The highest BCUT2D eigenvalue weighted by Gasteiger charge is 2.33. The molecule has 2 aromatic carbocycles. The lowest BCUT2D eigenvalue weighted by Crippen LogP contribution is -2.50. The second kappa shape index (κ2) is 9.27. The zero-order valence-electron chi connectivity index (χ0n) is 17.2. The van der Waals surface area contributed by atoms with Gasteiger partial charge in [0.2, 0.25) is 15.9 Å². The van der Waals surface area contributed by atoms with Gasteiger partial charge >= 0.3 is 0 Å². The summed E-state index contributed by atoms with van der Waals surface area (Å²) in [5.74, 6) is -4.56. The van der Waals surface area contributed by atoms with Gasteiger partial charge in [-0.15, -0.1) is 0 Å². The first-order valence-corrected chi connectivity index (χ1v) is 11.2. The summed E-state index contributed by atoms with van der Waals surface area (Å²) < 4.78 is 72.3. The largest absolute Gasteiger partial charge is 0.493 e. The first-order valence-electron chi connectivity index (χ1n) is 9.72. The van der Waals surface area contributed by atoms with Crippen molar-refractivity contribution >= 4 is 15.9 Å². The van der Waals surface area contributed by atoms with Crippen LogP contribution in [0.4, 0.5) is 13.2 Å². The van der Waals surface area contributed by atoms with E-state index in [0.717, 1.165) is 15.4 Å². The molecule has 0 unspecified atom stereocenters. The monoisotopic (exact) mass is 456 g/mol. The molecule has 0 atom stereocenters. The van der Waals surface area contributed by atoms with Crippen molar-refractivity contribution in [3.05, 3.63) is 58.9 Å². The van der Waals surface area contributed by atoms with E-state index in [-0.39, 0.29) is 45.1 Å². The molecule has 0 N–H and O–H groups in total. The molecule has 31 heavy (non-hydrogen) atoms. The summed E-state index contributed by atoms with van der Waals surface area (Å²) in [7, 11) is -4.35. The third kappa shape index (κ3) is 5.19. The highest BCUT2D eigenvalue weighted by atomic mass is 32.2. The quantitative estimate of drug-likeness (QED) is 0.627. The second-order valence-electron chi connectivity index (χ2n) is 7.38. The average Bonchev–Trinajstić information content (AvgIpc) is 2.71. The van der Waals surface area contributed by atoms with Crippen LogP contribution in [0, 0.1) is 31.3 Å². The van der Waals surface area contributed by atoms with Gasteiger partial charge in [0.15, 0.2) is 17.5 Å². The van der Waals surface area contributed by atoms with Gasteiger partial charge in [-0.25, -0.2) is 21.6 Å². The zero-order valence-corrected chi connectivity index (χ0v) is 18.0. The van der Waals surface area contributed by atoms with Gasteiger partial charge in [-0.2, -0.15) is 4.31 Å². The van der Waals surface area contributed by atoms with Crippen molar-refractivity contribution in [3.8, 4) is 5.75 Å². The summed E-state index contributed by atoms with van der Waals surface area (Å²) in [6.45, 7) is 4.13. The summed E-state index contributed by atoms with van der Waals surface area (Å²) in [5.41, 5.74) is 2.10. The third-order valence-corrected chi connectivity index (χ3v) is 6.90. The number of hydrogen-bond acceptors (Lipinski definition) is 4. The Hall–Kier alpha value is -2.59. The fourth-order valence-electron chi connectivity index (χ4n) is 3.45. The minimum Gasteiger partial charge on any atom is -0.493 e. The summed E-state index contributed by atoms with van der Waals surface area (Å²) >= 11 is 0. The summed E-state index contributed by atoms with van der Waals surface area (Å²) in [6.07, 6.45) is 0.123. The molecule has 0 bridgehead atoms. The van der Waals surface area contributed by atoms with E-state index < -0.39 is 32.4 Å². The van der Waals surface area contributed by atoms with Crippen molar-refractivity contribution < 1.29 is 31.1 Å². The van der Waals surface area contributed by atoms with Crippen molar-refractivity contribution in [1.82, 2.24) is 9.21 Å². The molecule has 10 heteroatoms. The Kier molecular flexibility index (Phi) is 6.90. The Morgan fingerprint density at radius 1 is 0.968 bits per heavy atom. The van der Waals surface area contributed by atoms with Gasteiger partial charge in [0.05, 0.1) is 13.0 Å². The molecule has 0 aliphatic carbocycles. The molecule has 3 rings (SSSR count). The van der Waals surface area contributed by atoms with E-state index >= 15 is 0 Å². The number of amides is 1. The van der Waals surface area contributed by atoms with Crippen LogP contribution < -0.4 is 4.74 Å². The van der Waals surface area contributed by atoms with Crippen molar-refractivity contribution in [2.75, 3.05) is 32.8 Å². The Morgan fingerprint density at radius 3 is 2.19 bits per heavy atom. The van der Waals surface area contributed by atoms with Crippen LogP contribution in [-0.2, 0) is 14.8 Å². The van der Waals surface area contributed by atoms with Gasteiger partial charge in [-0.3, -0.25) is 4.79 Å². The highest BCUT2D eigenvalue weighted by Crippen LogP contribution is 2.24. The smallest absolute Gasteiger partial charge is 0.246 e. The van der Waals surface area contributed by atoms with Gasteiger partial charge in [0, 0.05) is 26.2 Å². The van der Waals surface area contributed by atoms with Crippen LogP contribution in [0.5, 0.6) is 5.75 Å². The number of halogens is 3. The maximum absolute atomic E-state index is 13.9. The van der Waals surface area contributed by atoms with E-state index in [1.165, 1.54) is 4.90 Å². The van der Waals surface area contributed by atoms with Crippen LogP contribution in [0.15, 0.2) is 35.2 Å². The van der Waals surface area contributed by atoms with Crippen molar-refractivity contribution in [3.63, 3.8) is 0 Å². The molecule has 0 radical (unpaired) electrons. The van der Waals surface area contributed by atoms with Crippen molar-refractivity contribution in [2.45, 2.75) is 25.2 Å². The van der Waals surface area contributed by atoms with Crippen LogP contribution in [-0.4, -0.2) is 56.3 Å². The SMILES string of the molecule is Cc1cc(C)cc(OCCC(=O)N2CCN(S(=O)(=O)c3ccc(F)c(F)c3F)CC2)c1. The van der Waals surface area contributed by atoms with Crippen molar-refractivity contribution in [2.24, 2.45) is 0 Å². The minimum atomic E-state index is -4.35. The number of rotatable bonds is 6. The Labute approximate surface area is 179 Å². The third-order valence-electron chi connectivity index (χ3n) is 4.99. The van der Waals surface area contributed by atoms with E-state index in [9.17, 15) is 26.4 Å². The maximum atomic E-state index is 13.9. The molecule has 168 valence electrons. The number of carbonyl (C=O) groups is 1. The molecule has 1 saturated heterocycles. The maximum Gasteiger partial charge on any atom is 0.246 e. The predicted octanol–water partition coefficient (Wildman–Crippen LogP) is 3.02. The summed E-state index contributed by atoms with van der Waals surface area (Å²) in [6, 6.07) is 7.03. The zero-order chi connectivity index (χ0) is 22.8. The number of nitrogens with zero attached hydrogens (tertiary/aromatic N) is 2. The molecule has 0 spiro atoms. The molecule has 1 aliphatic rings.